The van der Waals surface area contributed by atoms with Crippen molar-refractivity contribution in [3.8, 4) is 0 Å². The van der Waals surface area contributed by atoms with Gasteiger partial charge in [-0.3, -0.25) is 4.79 Å². The zero-order chi connectivity index (χ0) is 23.5. The average molecular weight is 450 g/mol. The summed E-state index contributed by atoms with van der Waals surface area (Å²) in [6.07, 6.45) is 33.1. The molecule has 0 aromatic carbocycles. The zero-order valence-corrected chi connectivity index (χ0v) is 22.5. The normalized spacial score (nSPS) is 11.5. The van der Waals surface area contributed by atoms with Crippen molar-refractivity contribution in [2.45, 2.75) is 162 Å². The summed E-state index contributed by atoms with van der Waals surface area (Å²) in [6.45, 7) is 8.62. The summed E-state index contributed by atoms with van der Waals surface area (Å²) >= 11 is 0. The van der Waals surface area contributed by atoms with Crippen LogP contribution >= 0.6 is 0 Å². The molecular formula is C30H59NO. The zero-order valence-electron chi connectivity index (χ0n) is 22.5. The largest absolute Gasteiger partial charge is 0.343 e. The van der Waals surface area contributed by atoms with Crippen molar-refractivity contribution in [1.29, 1.82) is 0 Å². The maximum absolute atomic E-state index is 12.5. The first-order chi connectivity index (χ1) is 15.8. The predicted octanol–water partition coefficient (Wildman–Crippen LogP) is 10.0. The predicted molar refractivity (Wildman–Crippen MR) is 144 cm³/mol. The molecule has 0 aliphatic heterocycles. The van der Waals surface area contributed by atoms with Gasteiger partial charge in [0.15, 0.2) is 0 Å². The molecule has 0 aromatic rings. The lowest BCUT2D eigenvalue weighted by molar-refractivity contribution is -0.131. The first-order valence-electron chi connectivity index (χ1n) is 14.7. The number of hydrogen-bond acceptors (Lipinski definition) is 1. The third-order valence-corrected chi connectivity index (χ3v) is 6.57. The fourth-order valence-corrected chi connectivity index (χ4v) is 4.27. The molecule has 2 heteroatoms. The molecule has 1 amide bonds. The second kappa shape index (κ2) is 26.5. The Morgan fingerprint density at radius 3 is 1.31 bits per heavy atom. The molecule has 0 saturated carbocycles. The van der Waals surface area contributed by atoms with Gasteiger partial charge in [0, 0.05) is 19.5 Å². The molecule has 0 bridgehead atoms. The molecule has 0 unspecified atom stereocenters. The standard InChI is InChI=1S/C30H59NO/c1-4-7-10-11-12-13-14-15-16-17-18-19-20-21-22-23-24-25-26-27-30(32)31(28-8-5-2)29-9-6-3/h15-16H,4-14,17-29H2,1-3H3/b16-15-. The fraction of sp³-hybridized carbons (Fsp3) is 0.900. The average Bonchev–Trinajstić information content (AvgIpc) is 2.80. The van der Waals surface area contributed by atoms with Crippen molar-refractivity contribution < 1.29 is 4.79 Å². The Labute approximate surface area is 203 Å². The number of rotatable bonds is 25. The highest BCUT2D eigenvalue weighted by atomic mass is 16.2. The number of amides is 1. The topological polar surface area (TPSA) is 20.3 Å². The molecule has 0 radical (unpaired) electrons. The highest BCUT2D eigenvalue weighted by Crippen LogP contribution is 2.13. The van der Waals surface area contributed by atoms with E-state index >= 15 is 0 Å². The van der Waals surface area contributed by atoms with Crippen molar-refractivity contribution in [3.63, 3.8) is 0 Å². The van der Waals surface area contributed by atoms with Crippen LogP contribution < -0.4 is 0 Å². The van der Waals surface area contributed by atoms with Crippen LogP contribution in [0.3, 0.4) is 0 Å². The Balaban J connectivity index is 3.41. The van der Waals surface area contributed by atoms with E-state index < -0.39 is 0 Å². The summed E-state index contributed by atoms with van der Waals surface area (Å²) < 4.78 is 0. The minimum atomic E-state index is 0.396. The van der Waals surface area contributed by atoms with Crippen molar-refractivity contribution in [3.05, 3.63) is 12.2 Å². The molecule has 32 heavy (non-hydrogen) atoms. The summed E-state index contributed by atoms with van der Waals surface area (Å²) in [6, 6.07) is 0. The lowest BCUT2D eigenvalue weighted by atomic mass is 10.0. The van der Waals surface area contributed by atoms with E-state index in [1.54, 1.807) is 0 Å². The number of hydrogen-bond donors (Lipinski definition) is 0. The van der Waals surface area contributed by atoms with E-state index in [0.717, 1.165) is 38.8 Å². The Hall–Kier alpha value is -0.790. The maximum atomic E-state index is 12.5. The Morgan fingerprint density at radius 1 is 0.500 bits per heavy atom. The molecule has 0 atom stereocenters. The number of carbonyl (C=O) groups excluding carboxylic acids is 1. The van der Waals surface area contributed by atoms with E-state index in [0.29, 0.717) is 5.91 Å². The molecule has 0 N–H and O–H groups in total. The molecule has 0 aromatic heterocycles. The molecule has 0 fully saturated rings. The fourth-order valence-electron chi connectivity index (χ4n) is 4.27. The van der Waals surface area contributed by atoms with Gasteiger partial charge >= 0.3 is 0 Å². The van der Waals surface area contributed by atoms with Gasteiger partial charge in [-0.1, -0.05) is 123 Å². The van der Waals surface area contributed by atoms with Crippen molar-refractivity contribution in [2.75, 3.05) is 13.1 Å². The lowest BCUT2D eigenvalue weighted by Gasteiger charge is -2.22. The van der Waals surface area contributed by atoms with E-state index in [1.165, 1.54) is 116 Å². The van der Waals surface area contributed by atoms with E-state index in [4.69, 9.17) is 0 Å². The third-order valence-electron chi connectivity index (χ3n) is 6.57. The number of carbonyl (C=O) groups is 1. The van der Waals surface area contributed by atoms with Crippen LogP contribution in [-0.2, 0) is 4.79 Å². The van der Waals surface area contributed by atoms with Gasteiger partial charge in [0.25, 0.3) is 0 Å². The van der Waals surface area contributed by atoms with Gasteiger partial charge in [-0.25, -0.2) is 0 Å². The van der Waals surface area contributed by atoms with Crippen LogP contribution in [0.15, 0.2) is 12.2 Å². The maximum Gasteiger partial charge on any atom is 0.222 e. The van der Waals surface area contributed by atoms with Gasteiger partial charge < -0.3 is 4.90 Å². The van der Waals surface area contributed by atoms with Crippen molar-refractivity contribution in [2.24, 2.45) is 0 Å². The van der Waals surface area contributed by atoms with Gasteiger partial charge in [-0.2, -0.15) is 0 Å². The second-order valence-electron chi connectivity index (χ2n) is 9.84. The van der Waals surface area contributed by atoms with Crippen LogP contribution in [0, 0.1) is 0 Å². The number of allylic oxidation sites excluding steroid dienone is 2. The second-order valence-corrected chi connectivity index (χ2v) is 9.84. The minimum absolute atomic E-state index is 0.396. The highest BCUT2D eigenvalue weighted by Gasteiger charge is 2.11. The number of unbranched alkanes of at least 4 members (excludes halogenated alkanes) is 17. The lowest BCUT2D eigenvalue weighted by Crippen LogP contribution is -2.32. The molecule has 0 aliphatic carbocycles. The molecule has 190 valence electrons. The van der Waals surface area contributed by atoms with Crippen LogP contribution in [0.1, 0.15) is 162 Å². The molecule has 0 spiro atoms. The first-order valence-corrected chi connectivity index (χ1v) is 14.7. The summed E-state index contributed by atoms with van der Waals surface area (Å²) in [7, 11) is 0. The van der Waals surface area contributed by atoms with Crippen LogP contribution in [0.2, 0.25) is 0 Å². The summed E-state index contributed by atoms with van der Waals surface area (Å²) in [5.74, 6) is 0.396. The molecule has 0 heterocycles. The van der Waals surface area contributed by atoms with E-state index in [2.05, 4.69) is 37.8 Å². The molecule has 2 nitrogen and oxygen atoms in total. The highest BCUT2D eigenvalue weighted by molar-refractivity contribution is 5.76. The van der Waals surface area contributed by atoms with Crippen molar-refractivity contribution in [1.82, 2.24) is 4.90 Å². The van der Waals surface area contributed by atoms with Crippen LogP contribution in [0.5, 0.6) is 0 Å². The van der Waals surface area contributed by atoms with Gasteiger partial charge in [-0.15, -0.1) is 0 Å². The quantitative estimate of drug-likeness (QED) is 0.100. The van der Waals surface area contributed by atoms with Gasteiger partial charge in [0.2, 0.25) is 5.91 Å². The SMILES string of the molecule is CCCCCCCC/C=C\CCCCCCCCCCCC(=O)N(CCCC)CCCC. The molecular weight excluding hydrogens is 390 g/mol. The van der Waals surface area contributed by atoms with Crippen LogP contribution in [0.25, 0.3) is 0 Å². The number of nitrogens with zero attached hydrogens (tertiary/aromatic N) is 1. The Morgan fingerprint density at radius 2 is 0.875 bits per heavy atom. The molecule has 0 rings (SSSR count). The van der Waals surface area contributed by atoms with Gasteiger partial charge in [-0.05, 0) is 44.9 Å². The Kier molecular flexibility index (Phi) is 25.8. The summed E-state index contributed by atoms with van der Waals surface area (Å²) in [4.78, 5) is 14.6. The van der Waals surface area contributed by atoms with E-state index in [1.807, 2.05) is 0 Å². The summed E-state index contributed by atoms with van der Waals surface area (Å²) in [5, 5.41) is 0. The van der Waals surface area contributed by atoms with Crippen LogP contribution in [0.4, 0.5) is 0 Å². The first kappa shape index (κ1) is 31.2. The van der Waals surface area contributed by atoms with E-state index in [-0.39, 0.29) is 0 Å². The Bertz CT molecular complexity index is 396. The van der Waals surface area contributed by atoms with E-state index in [9.17, 15) is 4.79 Å². The minimum Gasteiger partial charge on any atom is -0.343 e. The smallest absolute Gasteiger partial charge is 0.222 e. The molecule has 0 saturated heterocycles. The van der Waals surface area contributed by atoms with Gasteiger partial charge in [0.05, 0.1) is 0 Å². The third kappa shape index (κ3) is 22.4. The molecule has 0 aliphatic rings. The summed E-state index contributed by atoms with van der Waals surface area (Å²) in [5.41, 5.74) is 0. The van der Waals surface area contributed by atoms with Gasteiger partial charge in [0.1, 0.15) is 0 Å². The monoisotopic (exact) mass is 449 g/mol. The van der Waals surface area contributed by atoms with Crippen LogP contribution in [-0.4, -0.2) is 23.9 Å². The van der Waals surface area contributed by atoms with Crippen molar-refractivity contribution >= 4 is 5.91 Å².